The zero-order valence-corrected chi connectivity index (χ0v) is 17.5. The van der Waals surface area contributed by atoms with E-state index in [1.807, 2.05) is 47.4 Å². The van der Waals surface area contributed by atoms with Crippen molar-refractivity contribution in [2.45, 2.75) is 31.7 Å². The fourth-order valence-corrected chi connectivity index (χ4v) is 4.53. The fraction of sp³-hybridized carbons (Fsp3) is 0.417. The van der Waals surface area contributed by atoms with Crippen molar-refractivity contribution in [1.29, 1.82) is 0 Å². The largest absolute Gasteiger partial charge is 0.497 e. The second-order valence-corrected chi connectivity index (χ2v) is 7.99. The molecule has 2 saturated heterocycles. The number of amides is 2. The Labute approximate surface area is 177 Å². The molecule has 0 radical (unpaired) electrons. The Kier molecular flexibility index (Phi) is 5.93. The van der Waals surface area contributed by atoms with E-state index in [2.05, 4.69) is 6.07 Å². The number of methoxy groups -OCH3 is 2. The molecule has 0 saturated carbocycles. The van der Waals surface area contributed by atoms with Crippen LogP contribution in [0.15, 0.2) is 48.5 Å². The summed E-state index contributed by atoms with van der Waals surface area (Å²) in [4.78, 5) is 29.6. The molecule has 30 heavy (non-hydrogen) atoms. The molecule has 0 aliphatic carbocycles. The number of anilines is 1. The van der Waals surface area contributed by atoms with Crippen LogP contribution in [0.2, 0.25) is 0 Å². The standard InChI is InChI=1S/C24H28N2O4/c1-29-21-10-8-19(9-11-21)26-16-18(15-23(26)27)24(28)25-12-4-6-20(25)13-17-5-3-7-22(14-17)30-2/h3,5,7-11,14,18,20H,4,6,12-13,15-16H2,1-2H3. The highest BCUT2D eigenvalue weighted by molar-refractivity contribution is 6.00. The molecule has 6 heteroatoms. The number of hydrogen-bond donors (Lipinski definition) is 0. The van der Waals surface area contributed by atoms with E-state index in [1.165, 1.54) is 5.56 Å². The van der Waals surface area contributed by atoms with E-state index in [1.54, 1.807) is 19.1 Å². The highest BCUT2D eigenvalue weighted by Crippen LogP contribution is 2.31. The number of rotatable bonds is 6. The molecule has 2 aromatic rings. The van der Waals surface area contributed by atoms with E-state index in [4.69, 9.17) is 9.47 Å². The van der Waals surface area contributed by atoms with Crippen LogP contribution in [0.3, 0.4) is 0 Å². The Bertz CT molecular complexity index is 912. The minimum absolute atomic E-state index is 0.00191. The molecule has 2 atom stereocenters. The second kappa shape index (κ2) is 8.78. The highest BCUT2D eigenvalue weighted by atomic mass is 16.5. The number of carbonyl (C=O) groups is 2. The summed E-state index contributed by atoms with van der Waals surface area (Å²) >= 11 is 0. The zero-order valence-electron chi connectivity index (χ0n) is 17.5. The van der Waals surface area contributed by atoms with Gasteiger partial charge in [0, 0.05) is 31.2 Å². The smallest absolute Gasteiger partial charge is 0.228 e. The van der Waals surface area contributed by atoms with Crippen LogP contribution in [-0.4, -0.2) is 50.1 Å². The van der Waals surface area contributed by atoms with Crippen molar-refractivity contribution in [2.24, 2.45) is 5.92 Å². The number of hydrogen-bond acceptors (Lipinski definition) is 4. The average Bonchev–Trinajstić information content (AvgIpc) is 3.40. The molecule has 0 N–H and O–H groups in total. The third-order valence-electron chi connectivity index (χ3n) is 6.12. The van der Waals surface area contributed by atoms with Crippen LogP contribution in [0, 0.1) is 5.92 Å². The van der Waals surface area contributed by atoms with Crippen molar-refractivity contribution in [3.05, 3.63) is 54.1 Å². The van der Waals surface area contributed by atoms with Crippen molar-refractivity contribution in [1.82, 2.24) is 4.90 Å². The van der Waals surface area contributed by atoms with Gasteiger partial charge in [-0.2, -0.15) is 0 Å². The van der Waals surface area contributed by atoms with Crippen molar-refractivity contribution in [3.63, 3.8) is 0 Å². The lowest BCUT2D eigenvalue weighted by Crippen LogP contribution is -2.41. The first-order valence-electron chi connectivity index (χ1n) is 10.5. The van der Waals surface area contributed by atoms with Gasteiger partial charge in [0.1, 0.15) is 11.5 Å². The van der Waals surface area contributed by atoms with Crippen molar-refractivity contribution >= 4 is 17.5 Å². The normalized spacial score (nSPS) is 21.2. The first-order chi connectivity index (χ1) is 14.6. The number of carbonyl (C=O) groups excluding carboxylic acids is 2. The van der Waals surface area contributed by atoms with E-state index < -0.39 is 0 Å². The van der Waals surface area contributed by atoms with Crippen LogP contribution in [0.5, 0.6) is 11.5 Å². The summed E-state index contributed by atoms with van der Waals surface area (Å²) in [6.45, 7) is 1.20. The molecule has 0 spiro atoms. The van der Waals surface area contributed by atoms with E-state index in [-0.39, 0.29) is 30.2 Å². The molecule has 2 heterocycles. The SMILES string of the molecule is COc1ccc(N2CC(C(=O)N3CCCC3Cc3cccc(OC)c3)CC2=O)cc1. The summed E-state index contributed by atoms with van der Waals surface area (Å²) in [7, 11) is 3.28. The fourth-order valence-electron chi connectivity index (χ4n) is 4.53. The Morgan fingerprint density at radius 1 is 1.07 bits per heavy atom. The number of likely N-dealkylation sites (tertiary alicyclic amines) is 1. The molecule has 2 fully saturated rings. The van der Waals surface area contributed by atoms with Crippen LogP contribution < -0.4 is 14.4 Å². The third kappa shape index (κ3) is 4.13. The summed E-state index contributed by atoms with van der Waals surface area (Å²) in [6.07, 6.45) is 3.08. The van der Waals surface area contributed by atoms with Crippen molar-refractivity contribution < 1.29 is 19.1 Å². The summed E-state index contributed by atoms with van der Waals surface area (Å²) < 4.78 is 10.5. The summed E-state index contributed by atoms with van der Waals surface area (Å²) in [6, 6.07) is 15.6. The van der Waals surface area contributed by atoms with Crippen LogP contribution in [0.25, 0.3) is 0 Å². The predicted octanol–water partition coefficient (Wildman–Crippen LogP) is 3.29. The first kappa shape index (κ1) is 20.3. The molecule has 2 aliphatic rings. The molecular weight excluding hydrogens is 380 g/mol. The lowest BCUT2D eigenvalue weighted by atomic mass is 10.0. The molecule has 2 aliphatic heterocycles. The van der Waals surface area contributed by atoms with Gasteiger partial charge in [-0.25, -0.2) is 0 Å². The summed E-state index contributed by atoms with van der Waals surface area (Å²) in [5.74, 6) is 1.40. The van der Waals surface area contributed by atoms with Gasteiger partial charge in [0.05, 0.1) is 20.1 Å². The molecule has 4 rings (SSSR count). The summed E-state index contributed by atoms with van der Waals surface area (Å²) in [5, 5.41) is 0. The lowest BCUT2D eigenvalue weighted by molar-refractivity contribution is -0.136. The minimum Gasteiger partial charge on any atom is -0.497 e. The lowest BCUT2D eigenvalue weighted by Gasteiger charge is -2.27. The quantitative estimate of drug-likeness (QED) is 0.736. The van der Waals surface area contributed by atoms with E-state index in [0.717, 1.165) is 43.0 Å². The maximum atomic E-state index is 13.3. The second-order valence-electron chi connectivity index (χ2n) is 7.99. The molecule has 0 aromatic heterocycles. The molecule has 158 valence electrons. The van der Waals surface area contributed by atoms with Crippen molar-refractivity contribution in [2.75, 3.05) is 32.2 Å². The average molecular weight is 408 g/mol. The van der Waals surface area contributed by atoms with Crippen LogP contribution >= 0.6 is 0 Å². The van der Waals surface area contributed by atoms with Crippen LogP contribution in [0.1, 0.15) is 24.8 Å². The topological polar surface area (TPSA) is 59.1 Å². The number of benzene rings is 2. The van der Waals surface area contributed by atoms with Gasteiger partial charge in [0.2, 0.25) is 11.8 Å². The summed E-state index contributed by atoms with van der Waals surface area (Å²) in [5.41, 5.74) is 1.98. The Hall–Kier alpha value is -3.02. The third-order valence-corrected chi connectivity index (χ3v) is 6.12. The van der Waals surface area contributed by atoms with Crippen molar-refractivity contribution in [3.8, 4) is 11.5 Å². The van der Waals surface area contributed by atoms with Gasteiger partial charge >= 0.3 is 0 Å². The molecule has 6 nitrogen and oxygen atoms in total. The van der Waals surface area contributed by atoms with Gasteiger partial charge in [0.25, 0.3) is 0 Å². The molecular formula is C24H28N2O4. The minimum atomic E-state index is -0.287. The number of nitrogens with zero attached hydrogens (tertiary/aromatic N) is 2. The van der Waals surface area contributed by atoms with Gasteiger partial charge in [-0.3, -0.25) is 9.59 Å². The Balaban J connectivity index is 1.43. The van der Waals surface area contributed by atoms with Crippen LogP contribution in [0.4, 0.5) is 5.69 Å². The van der Waals surface area contributed by atoms with Gasteiger partial charge in [-0.05, 0) is 61.2 Å². The maximum absolute atomic E-state index is 13.3. The first-order valence-corrected chi connectivity index (χ1v) is 10.5. The highest BCUT2D eigenvalue weighted by Gasteiger charge is 2.40. The number of ether oxygens (including phenoxy) is 2. The van der Waals surface area contributed by atoms with Crippen LogP contribution in [-0.2, 0) is 16.0 Å². The Morgan fingerprint density at radius 2 is 1.83 bits per heavy atom. The van der Waals surface area contributed by atoms with E-state index in [9.17, 15) is 9.59 Å². The molecule has 0 bridgehead atoms. The van der Waals surface area contributed by atoms with Gasteiger partial charge in [-0.15, -0.1) is 0 Å². The zero-order chi connectivity index (χ0) is 21.1. The van der Waals surface area contributed by atoms with Gasteiger partial charge in [0.15, 0.2) is 0 Å². The van der Waals surface area contributed by atoms with E-state index >= 15 is 0 Å². The van der Waals surface area contributed by atoms with Gasteiger partial charge < -0.3 is 19.3 Å². The molecule has 2 aromatic carbocycles. The predicted molar refractivity (Wildman–Crippen MR) is 115 cm³/mol. The Morgan fingerprint density at radius 3 is 2.57 bits per heavy atom. The molecule has 2 unspecified atom stereocenters. The van der Waals surface area contributed by atoms with Gasteiger partial charge in [-0.1, -0.05) is 12.1 Å². The maximum Gasteiger partial charge on any atom is 0.228 e. The van der Waals surface area contributed by atoms with E-state index in [0.29, 0.717) is 6.54 Å². The monoisotopic (exact) mass is 408 g/mol. The molecule has 2 amide bonds.